The van der Waals surface area contributed by atoms with Crippen molar-refractivity contribution in [2.24, 2.45) is 0 Å². The second-order valence-corrected chi connectivity index (χ2v) is 9.91. The van der Waals surface area contributed by atoms with E-state index in [-0.39, 0.29) is 17.3 Å². The molecule has 0 saturated carbocycles. The highest BCUT2D eigenvalue weighted by Gasteiger charge is 2.29. The van der Waals surface area contributed by atoms with E-state index in [1.54, 1.807) is 19.1 Å². The number of carbonyl (C=O) groups excluding carboxylic acids is 2. The highest BCUT2D eigenvalue weighted by atomic mass is 32.2. The van der Waals surface area contributed by atoms with Gasteiger partial charge in [0, 0.05) is 20.1 Å². The maximum Gasteiger partial charge on any atom is 0.243 e. The summed E-state index contributed by atoms with van der Waals surface area (Å²) >= 11 is 0. The van der Waals surface area contributed by atoms with Crippen LogP contribution in [0.4, 0.5) is 0 Å². The minimum atomic E-state index is -3.83. The van der Waals surface area contributed by atoms with Gasteiger partial charge in [-0.2, -0.15) is 4.31 Å². The number of amides is 2. The van der Waals surface area contributed by atoms with Gasteiger partial charge in [0.05, 0.1) is 11.4 Å². The molecule has 8 heteroatoms. The van der Waals surface area contributed by atoms with Crippen LogP contribution in [0.15, 0.2) is 59.5 Å². The third-order valence-electron chi connectivity index (χ3n) is 5.29. The largest absolute Gasteiger partial charge is 0.354 e. The molecule has 1 N–H and O–H groups in total. The predicted molar refractivity (Wildman–Crippen MR) is 126 cm³/mol. The molecular formula is C24H33N3O4S. The van der Waals surface area contributed by atoms with E-state index in [0.717, 1.165) is 21.9 Å². The topological polar surface area (TPSA) is 86.8 Å². The molecule has 2 aromatic rings. The molecule has 0 aliphatic rings. The molecule has 0 aromatic heterocycles. The van der Waals surface area contributed by atoms with Gasteiger partial charge in [0.15, 0.2) is 0 Å². The Hall–Kier alpha value is -2.71. The quantitative estimate of drug-likeness (QED) is 0.560. The van der Waals surface area contributed by atoms with Crippen molar-refractivity contribution in [1.29, 1.82) is 0 Å². The van der Waals surface area contributed by atoms with Crippen molar-refractivity contribution in [3.63, 3.8) is 0 Å². The number of aryl methyl sites for hydroxylation is 1. The zero-order valence-electron chi connectivity index (χ0n) is 19.2. The molecule has 2 amide bonds. The number of hydrogen-bond acceptors (Lipinski definition) is 4. The summed E-state index contributed by atoms with van der Waals surface area (Å²) in [5.74, 6) is -0.671. The van der Waals surface area contributed by atoms with Crippen molar-refractivity contribution in [3.05, 3.63) is 65.7 Å². The van der Waals surface area contributed by atoms with Crippen molar-refractivity contribution < 1.29 is 18.0 Å². The van der Waals surface area contributed by atoms with E-state index in [1.165, 1.54) is 24.1 Å². The first kappa shape index (κ1) is 25.5. The highest BCUT2D eigenvalue weighted by Crippen LogP contribution is 2.16. The predicted octanol–water partition coefficient (Wildman–Crippen LogP) is 2.60. The van der Waals surface area contributed by atoms with Gasteiger partial charge in [-0.15, -0.1) is 0 Å². The fourth-order valence-electron chi connectivity index (χ4n) is 3.22. The van der Waals surface area contributed by atoms with Crippen LogP contribution < -0.4 is 5.32 Å². The summed E-state index contributed by atoms with van der Waals surface area (Å²) in [5.41, 5.74) is 1.98. The summed E-state index contributed by atoms with van der Waals surface area (Å²) in [6.07, 6.45) is 1.35. The fraction of sp³-hybridized carbons (Fsp3) is 0.417. The van der Waals surface area contributed by atoms with Crippen LogP contribution >= 0.6 is 0 Å². The van der Waals surface area contributed by atoms with Crippen LogP contribution in [0.5, 0.6) is 0 Å². The average molecular weight is 460 g/mol. The van der Waals surface area contributed by atoms with Crippen LogP contribution in [0.25, 0.3) is 0 Å². The van der Waals surface area contributed by atoms with Gasteiger partial charge in [-0.25, -0.2) is 8.42 Å². The molecule has 0 saturated heterocycles. The normalized spacial score (nSPS) is 12.4. The molecule has 1 atom stereocenters. The number of rotatable bonds is 11. The SMILES string of the molecule is CCCNC(=O)[C@H](C)N(CCc1ccccc1)C(=O)CN(C)S(=O)(=O)c1ccc(C)cc1. The summed E-state index contributed by atoms with van der Waals surface area (Å²) in [5, 5.41) is 2.82. The first-order valence-electron chi connectivity index (χ1n) is 10.8. The van der Waals surface area contributed by atoms with Crippen LogP contribution in [0.3, 0.4) is 0 Å². The number of benzene rings is 2. The lowest BCUT2D eigenvalue weighted by Crippen LogP contribution is -2.51. The van der Waals surface area contributed by atoms with Crippen molar-refractivity contribution >= 4 is 21.8 Å². The second kappa shape index (κ2) is 11.8. The van der Waals surface area contributed by atoms with E-state index >= 15 is 0 Å². The molecule has 0 spiro atoms. The van der Waals surface area contributed by atoms with E-state index in [1.807, 2.05) is 44.2 Å². The Balaban J connectivity index is 2.17. The number of sulfonamides is 1. The molecule has 2 rings (SSSR count). The second-order valence-electron chi connectivity index (χ2n) is 7.86. The van der Waals surface area contributed by atoms with Gasteiger partial charge in [-0.1, -0.05) is 55.0 Å². The van der Waals surface area contributed by atoms with Crippen molar-refractivity contribution in [2.75, 3.05) is 26.7 Å². The summed E-state index contributed by atoms with van der Waals surface area (Å²) in [6, 6.07) is 15.4. The third kappa shape index (κ3) is 6.90. The Bertz CT molecular complexity index is 992. The molecule has 0 unspecified atom stereocenters. The zero-order chi connectivity index (χ0) is 23.7. The Morgan fingerprint density at radius 3 is 2.25 bits per heavy atom. The van der Waals surface area contributed by atoms with Crippen LogP contribution in [-0.4, -0.2) is 62.2 Å². The molecule has 32 heavy (non-hydrogen) atoms. The lowest BCUT2D eigenvalue weighted by Gasteiger charge is -2.30. The molecule has 7 nitrogen and oxygen atoms in total. The lowest BCUT2D eigenvalue weighted by atomic mass is 10.1. The van der Waals surface area contributed by atoms with Gasteiger partial charge in [0.1, 0.15) is 6.04 Å². The monoisotopic (exact) mass is 459 g/mol. The van der Waals surface area contributed by atoms with E-state index < -0.39 is 22.0 Å². The Morgan fingerprint density at radius 2 is 1.66 bits per heavy atom. The third-order valence-corrected chi connectivity index (χ3v) is 7.11. The minimum Gasteiger partial charge on any atom is -0.354 e. The summed E-state index contributed by atoms with van der Waals surface area (Å²) in [4.78, 5) is 27.3. The molecule has 0 bridgehead atoms. The molecular weight excluding hydrogens is 426 g/mol. The number of likely N-dealkylation sites (N-methyl/N-ethyl adjacent to an activating group) is 1. The van der Waals surface area contributed by atoms with Crippen molar-refractivity contribution in [3.8, 4) is 0 Å². The summed E-state index contributed by atoms with van der Waals surface area (Å²) in [6.45, 7) is 5.97. The van der Waals surface area contributed by atoms with E-state index in [2.05, 4.69) is 5.32 Å². The Morgan fingerprint density at radius 1 is 1.03 bits per heavy atom. The first-order chi connectivity index (χ1) is 15.2. The Kier molecular flexibility index (Phi) is 9.41. The fourth-order valence-corrected chi connectivity index (χ4v) is 4.34. The maximum atomic E-state index is 13.2. The molecule has 0 aliphatic heterocycles. The molecule has 174 valence electrons. The zero-order valence-corrected chi connectivity index (χ0v) is 20.1. The number of nitrogens with zero attached hydrogens (tertiary/aromatic N) is 2. The van der Waals surface area contributed by atoms with E-state index in [9.17, 15) is 18.0 Å². The van der Waals surface area contributed by atoms with Gasteiger partial charge in [-0.05, 0) is 44.4 Å². The molecule has 0 fully saturated rings. The first-order valence-corrected chi connectivity index (χ1v) is 12.2. The average Bonchev–Trinajstić information content (AvgIpc) is 2.78. The van der Waals surface area contributed by atoms with E-state index in [4.69, 9.17) is 0 Å². The molecule has 0 aliphatic carbocycles. The molecule has 2 aromatic carbocycles. The van der Waals surface area contributed by atoms with E-state index in [0.29, 0.717) is 19.5 Å². The van der Waals surface area contributed by atoms with Crippen LogP contribution in [0.2, 0.25) is 0 Å². The van der Waals surface area contributed by atoms with Crippen LogP contribution in [0, 0.1) is 6.92 Å². The molecule has 0 radical (unpaired) electrons. The number of carbonyl (C=O) groups is 2. The minimum absolute atomic E-state index is 0.128. The van der Waals surface area contributed by atoms with Crippen molar-refractivity contribution in [1.82, 2.24) is 14.5 Å². The number of nitrogens with one attached hydrogen (secondary N) is 1. The molecule has 0 heterocycles. The Labute approximate surface area is 191 Å². The lowest BCUT2D eigenvalue weighted by molar-refractivity contribution is -0.139. The smallest absolute Gasteiger partial charge is 0.243 e. The van der Waals surface area contributed by atoms with Gasteiger partial charge in [0.25, 0.3) is 0 Å². The summed E-state index contributed by atoms with van der Waals surface area (Å²) < 4.78 is 26.8. The van der Waals surface area contributed by atoms with Crippen molar-refractivity contribution in [2.45, 2.75) is 44.6 Å². The van der Waals surface area contributed by atoms with Crippen LogP contribution in [-0.2, 0) is 26.0 Å². The summed E-state index contributed by atoms with van der Waals surface area (Å²) in [7, 11) is -2.45. The maximum absolute atomic E-state index is 13.2. The number of hydrogen-bond donors (Lipinski definition) is 1. The van der Waals surface area contributed by atoms with Crippen LogP contribution in [0.1, 0.15) is 31.4 Å². The highest BCUT2D eigenvalue weighted by molar-refractivity contribution is 7.89. The van der Waals surface area contributed by atoms with Gasteiger partial charge in [0.2, 0.25) is 21.8 Å². The van der Waals surface area contributed by atoms with Gasteiger partial charge in [-0.3, -0.25) is 9.59 Å². The van der Waals surface area contributed by atoms with Gasteiger partial charge < -0.3 is 10.2 Å². The van der Waals surface area contributed by atoms with Gasteiger partial charge >= 0.3 is 0 Å². The standard InChI is InChI=1S/C24H33N3O4S/c1-5-16-25-24(29)20(3)27(17-15-21-9-7-6-8-10-21)23(28)18-26(4)32(30,31)22-13-11-19(2)12-14-22/h6-14,20H,5,15-18H2,1-4H3,(H,25,29)/t20-/m0/s1.